The first kappa shape index (κ1) is 15.7. The van der Waals surface area contributed by atoms with Crippen molar-refractivity contribution in [1.29, 1.82) is 0 Å². The Balaban J connectivity index is 1.66. The fourth-order valence-electron chi connectivity index (χ4n) is 3.00. The molecule has 1 heterocycles. The second-order valence-electron chi connectivity index (χ2n) is 6.70. The van der Waals surface area contributed by atoms with E-state index in [0.29, 0.717) is 24.2 Å². The van der Waals surface area contributed by atoms with Crippen LogP contribution in [0.5, 0.6) is 0 Å². The quantitative estimate of drug-likeness (QED) is 0.851. The molecule has 1 aromatic heterocycles. The molecule has 1 amide bonds. The van der Waals surface area contributed by atoms with E-state index in [4.69, 9.17) is 4.52 Å². The summed E-state index contributed by atoms with van der Waals surface area (Å²) in [6.45, 7) is 4.57. The summed E-state index contributed by atoms with van der Waals surface area (Å²) in [6, 6.07) is 6.03. The lowest BCUT2D eigenvalue weighted by molar-refractivity contribution is 0.0780. The first-order chi connectivity index (χ1) is 11.0. The average Bonchev–Trinajstić information content (AvgIpc) is 3.14. The first-order valence-electron chi connectivity index (χ1n) is 8.21. The number of hydrogen-bond donors (Lipinski definition) is 0. The second kappa shape index (κ2) is 6.52. The summed E-state index contributed by atoms with van der Waals surface area (Å²) in [7, 11) is 1.77. The minimum Gasteiger partial charge on any atom is -0.339 e. The van der Waals surface area contributed by atoms with Crippen LogP contribution in [0.3, 0.4) is 0 Å². The molecule has 0 N–H and O–H groups in total. The summed E-state index contributed by atoms with van der Waals surface area (Å²) in [6.07, 6.45) is 4.14. The zero-order chi connectivity index (χ0) is 16.4. The number of fused-ring (bicyclic) bond motifs is 1. The van der Waals surface area contributed by atoms with Gasteiger partial charge in [0.15, 0.2) is 5.82 Å². The van der Waals surface area contributed by atoms with Crippen LogP contribution in [0.15, 0.2) is 22.7 Å². The molecule has 0 fully saturated rings. The Morgan fingerprint density at radius 1 is 1.30 bits per heavy atom. The SMILES string of the molecule is CC(C)Cc1nc(CN(C)C(=O)c2ccc3c(c2)CCC3)no1. The Bertz CT molecular complexity index is 706. The maximum atomic E-state index is 12.6. The molecule has 0 unspecified atom stereocenters. The van der Waals surface area contributed by atoms with Gasteiger partial charge in [0.05, 0.1) is 6.54 Å². The van der Waals surface area contributed by atoms with Crippen molar-refractivity contribution < 1.29 is 9.32 Å². The van der Waals surface area contributed by atoms with Crippen molar-refractivity contribution in [2.24, 2.45) is 5.92 Å². The van der Waals surface area contributed by atoms with Crippen LogP contribution in [0.2, 0.25) is 0 Å². The zero-order valence-electron chi connectivity index (χ0n) is 14.0. The van der Waals surface area contributed by atoms with Crippen LogP contribution in [0.25, 0.3) is 0 Å². The standard InChI is InChI=1S/C18H23N3O2/c1-12(2)9-17-19-16(20-23-17)11-21(3)18(22)15-8-7-13-5-4-6-14(13)10-15/h7-8,10,12H,4-6,9,11H2,1-3H3. The lowest BCUT2D eigenvalue weighted by Crippen LogP contribution is -2.26. The van der Waals surface area contributed by atoms with Crippen LogP contribution in [0.4, 0.5) is 0 Å². The number of carbonyl (C=O) groups excluding carboxylic acids is 1. The highest BCUT2D eigenvalue weighted by molar-refractivity contribution is 5.94. The number of hydrogen-bond acceptors (Lipinski definition) is 4. The third-order valence-electron chi connectivity index (χ3n) is 4.16. The summed E-state index contributed by atoms with van der Waals surface area (Å²) < 4.78 is 5.22. The van der Waals surface area contributed by atoms with E-state index in [1.54, 1.807) is 11.9 Å². The minimum atomic E-state index is -0.00471. The molecule has 0 bridgehead atoms. The normalized spacial score (nSPS) is 13.4. The van der Waals surface area contributed by atoms with Crippen molar-refractivity contribution in [3.8, 4) is 0 Å². The van der Waals surface area contributed by atoms with Gasteiger partial charge < -0.3 is 9.42 Å². The second-order valence-corrected chi connectivity index (χ2v) is 6.70. The van der Waals surface area contributed by atoms with Crippen LogP contribution < -0.4 is 0 Å². The smallest absolute Gasteiger partial charge is 0.254 e. The Labute approximate surface area is 136 Å². The van der Waals surface area contributed by atoms with Crippen molar-refractivity contribution >= 4 is 5.91 Å². The molecule has 23 heavy (non-hydrogen) atoms. The molecule has 1 aromatic carbocycles. The van der Waals surface area contributed by atoms with Gasteiger partial charge in [0, 0.05) is 19.0 Å². The van der Waals surface area contributed by atoms with E-state index < -0.39 is 0 Å². The lowest BCUT2D eigenvalue weighted by atomic mass is 10.1. The van der Waals surface area contributed by atoms with Gasteiger partial charge in [-0.25, -0.2) is 0 Å². The van der Waals surface area contributed by atoms with E-state index in [1.165, 1.54) is 17.5 Å². The van der Waals surface area contributed by atoms with Gasteiger partial charge in [0.2, 0.25) is 5.89 Å². The minimum absolute atomic E-state index is 0.00471. The Kier molecular flexibility index (Phi) is 4.46. The predicted molar refractivity (Wildman–Crippen MR) is 87.1 cm³/mol. The van der Waals surface area contributed by atoms with Crippen molar-refractivity contribution in [1.82, 2.24) is 15.0 Å². The van der Waals surface area contributed by atoms with Gasteiger partial charge in [-0.3, -0.25) is 4.79 Å². The summed E-state index contributed by atoms with van der Waals surface area (Å²) in [4.78, 5) is 18.6. The molecule has 1 aliphatic rings. The lowest BCUT2D eigenvalue weighted by Gasteiger charge is -2.15. The predicted octanol–water partition coefficient (Wildman–Crippen LogP) is 3.03. The van der Waals surface area contributed by atoms with Crippen LogP contribution in [-0.4, -0.2) is 28.0 Å². The van der Waals surface area contributed by atoms with Gasteiger partial charge in [-0.05, 0) is 48.4 Å². The molecule has 0 aliphatic heterocycles. The number of amides is 1. The molecule has 0 spiro atoms. The summed E-state index contributed by atoms with van der Waals surface area (Å²) in [5, 5.41) is 3.96. The van der Waals surface area contributed by atoms with E-state index in [-0.39, 0.29) is 5.91 Å². The maximum absolute atomic E-state index is 12.6. The topological polar surface area (TPSA) is 59.2 Å². The zero-order valence-corrected chi connectivity index (χ0v) is 14.0. The molecule has 0 saturated carbocycles. The Hall–Kier alpha value is -2.17. The van der Waals surface area contributed by atoms with Gasteiger partial charge >= 0.3 is 0 Å². The Morgan fingerprint density at radius 2 is 2.09 bits per heavy atom. The third-order valence-corrected chi connectivity index (χ3v) is 4.16. The van der Waals surface area contributed by atoms with Gasteiger partial charge in [0.1, 0.15) is 0 Å². The van der Waals surface area contributed by atoms with Crippen LogP contribution in [0, 0.1) is 5.92 Å². The van der Waals surface area contributed by atoms with Crippen LogP contribution in [0.1, 0.15) is 53.5 Å². The largest absolute Gasteiger partial charge is 0.339 e. The number of rotatable bonds is 5. The van der Waals surface area contributed by atoms with Crippen molar-refractivity contribution in [3.05, 3.63) is 46.6 Å². The molecule has 0 atom stereocenters. The number of aromatic nitrogens is 2. The van der Waals surface area contributed by atoms with Crippen LogP contribution >= 0.6 is 0 Å². The molecule has 1 aliphatic carbocycles. The molecule has 3 rings (SSSR count). The van der Waals surface area contributed by atoms with E-state index in [2.05, 4.69) is 30.1 Å². The molecule has 2 aromatic rings. The summed E-state index contributed by atoms with van der Waals surface area (Å²) in [5.74, 6) is 1.65. The monoisotopic (exact) mass is 313 g/mol. The van der Waals surface area contributed by atoms with Gasteiger partial charge in [-0.15, -0.1) is 0 Å². The highest BCUT2D eigenvalue weighted by Gasteiger charge is 2.18. The van der Waals surface area contributed by atoms with E-state index in [1.807, 2.05) is 12.1 Å². The average molecular weight is 313 g/mol. The molecule has 5 nitrogen and oxygen atoms in total. The third kappa shape index (κ3) is 3.60. The highest BCUT2D eigenvalue weighted by atomic mass is 16.5. The Morgan fingerprint density at radius 3 is 2.87 bits per heavy atom. The molecule has 0 radical (unpaired) electrons. The maximum Gasteiger partial charge on any atom is 0.254 e. The van der Waals surface area contributed by atoms with E-state index in [9.17, 15) is 4.79 Å². The van der Waals surface area contributed by atoms with Crippen molar-refractivity contribution in [3.63, 3.8) is 0 Å². The first-order valence-corrected chi connectivity index (χ1v) is 8.21. The fraction of sp³-hybridized carbons (Fsp3) is 0.500. The summed E-state index contributed by atoms with van der Waals surface area (Å²) in [5.41, 5.74) is 3.42. The molecular formula is C18H23N3O2. The van der Waals surface area contributed by atoms with E-state index >= 15 is 0 Å². The van der Waals surface area contributed by atoms with Crippen molar-refractivity contribution in [2.75, 3.05) is 7.05 Å². The molecular weight excluding hydrogens is 290 g/mol. The number of aryl methyl sites for hydroxylation is 2. The number of benzene rings is 1. The van der Waals surface area contributed by atoms with Gasteiger partial charge in [-0.1, -0.05) is 25.1 Å². The molecule has 122 valence electrons. The van der Waals surface area contributed by atoms with Gasteiger partial charge in [0.25, 0.3) is 5.91 Å². The number of nitrogens with zero attached hydrogens (tertiary/aromatic N) is 3. The molecule has 5 heteroatoms. The fourth-order valence-corrected chi connectivity index (χ4v) is 3.00. The van der Waals surface area contributed by atoms with Gasteiger partial charge in [-0.2, -0.15) is 4.98 Å². The van der Waals surface area contributed by atoms with Crippen molar-refractivity contribution in [2.45, 2.75) is 46.1 Å². The van der Waals surface area contributed by atoms with Crippen LogP contribution in [-0.2, 0) is 25.8 Å². The highest BCUT2D eigenvalue weighted by Crippen LogP contribution is 2.23. The number of carbonyl (C=O) groups is 1. The van der Waals surface area contributed by atoms with E-state index in [0.717, 1.165) is 24.8 Å². The molecule has 0 saturated heterocycles. The summed E-state index contributed by atoms with van der Waals surface area (Å²) >= 11 is 0.